The van der Waals surface area contributed by atoms with Crippen LogP contribution in [0, 0.1) is 0 Å². The van der Waals surface area contributed by atoms with E-state index in [-0.39, 0.29) is 6.42 Å². The highest BCUT2D eigenvalue weighted by Gasteiger charge is 2.22. The third-order valence-electron chi connectivity index (χ3n) is 2.27. The van der Waals surface area contributed by atoms with E-state index in [0.717, 1.165) is 0 Å². The van der Waals surface area contributed by atoms with E-state index < -0.39 is 17.9 Å². The van der Waals surface area contributed by atoms with Crippen molar-refractivity contribution >= 4 is 23.2 Å². The van der Waals surface area contributed by atoms with Crippen molar-refractivity contribution in [3.63, 3.8) is 0 Å². The van der Waals surface area contributed by atoms with Gasteiger partial charge in [-0.05, 0) is 24.8 Å². The summed E-state index contributed by atoms with van der Waals surface area (Å²) < 4.78 is 5.02. The summed E-state index contributed by atoms with van der Waals surface area (Å²) in [5, 5.41) is 13.2. The highest BCUT2D eigenvalue weighted by Crippen LogP contribution is 2.24. The molecule has 0 bridgehead atoms. The molecular formula is C12H15NO4S. The molecule has 98 valence electrons. The van der Waals surface area contributed by atoms with E-state index in [0.29, 0.717) is 10.6 Å². The Labute approximate surface area is 109 Å². The molecule has 1 heterocycles. The Balaban J connectivity index is 2.75. The summed E-state index contributed by atoms with van der Waals surface area (Å²) >= 11 is 1.21. The minimum Gasteiger partial charge on any atom is -0.495 e. The molecule has 1 aromatic heterocycles. The van der Waals surface area contributed by atoms with Gasteiger partial charge in [-0.1, -0.05) is 12.2 Å². The van der Waals surface area contributed by atoms with Gasteiger partial charge in [-0.15, -0.1) is 11.3 Å². The smallest absolute Gasteiger partial charge is 0.326 e. The van der Waals surface area contributed by atoms with Crippen LogP contribution in [0.1, 0.15) is 23.0 Å². The van der Waals surface area contributed by atoms with E-state index in [9.17, 15) is 9.59 Å². The first-order valence-corrected chi connectivity index (χ1v) is 6.24. The van der Waals surface area contributed by atoms with Gasteiger partial charge < -0.3 is 15.2 Å². The fourth-order valence-corrected chi connectivity index (χ4v) is 2.10. The zero-order valence-corrected chi connectivity index (χ0v) is 11.0. The van der Waals surface area contributed by atoms with Crippen molar-refractivity contribution in [3.05, 3.63) is 28.5 Å². The Morgan fingerprint density at radius 1 is 1.61 bits per heavy atom. The van der Waals surface area contributed by atoms with Crippen LogP contribution in [0.5, 0.6) is 5.75 Å². The molecule has 1 unspecified atom stereocenters. The molecule has 0 saturated carbocycles. The van der Waals surface area contributed by atoms with Crippen molar-refractivity contribution in [2.75, 3.05) is 7.11 Å². The standard InChI is InChI=1S/C12H15NO4S/c1-3-4-5-8(12(15)16)13-11(14)10-9(17-2)6-7-18-10/h3-4,6-8H,5H2,1-2H3,(H,13,14)(H,15,16)/b4-3+. The molecule has 1 atom stereocenters. The lowest BCUT2D eigenvalue weighted by Crippen LogP contribution is -2.40. The predicted molar refractivity (Wildman–Crippen MR) is 69.2 cm³/mol. The molecule has 0 saturated heterocycles. The summed E-state index contributed by atoms with van der Waals surface area (Å²) in [5.41, 5.74) is 0. The van der Waals surface area contributed by atoms with Crippen molar-refractivity contribution < 1.29 is 19.4 Å². The molecule has 0 radical (unpaired) electrons. The Hall–Kier alpha value is -1.82. The SMILES string of the molecule is C/C=C/CC(NC(=O)c1sccc1OC)C(=O)O. The van der Waals surface area contributed by atoms with Crippen molar-refractivity contribution in [1.82, 2.24) is 5.32 Å². The van der Waals surface area contributed by atoms with Crippen molar-refractivity contribution in [3.8, 4) is 5.75 Å². The van der Waals surface area contributed by atoms with Crippen LogP contribution in [0.4, 0.5) is 0 Å². The monoisotopic (exact) mass is 269 g/mol. The molecule has 0 aliphatic heterocycles. The Kier molecular flexibility index (Phi) is 5.38. The van der Waals surface area contributed by atoms with Crippen LogP contribution in [0.3, 0.4) is 0 Å². The maximum absolute atomic E-state index is 11.9. The second kappa shape index (κ2) is 6.80. The van der Waals surface area contributed by atoms with Crippen molar-refractivity contribution in [2.24, 2.45) is 0 Å². The van der Waals surface area contributed by atoms with Gasteiger partial charge in [0.05, 0.1) is 7.11 Å². The molecule has 1 aromatic rings. The first-order valence-electron chi connectivity index (χ1n) is 5.36. The number of carbonyl (C=O) groups is 2. The minimum atomic E-state index is -1.06. The van der Waals surface area contributed by atoms with Gasteiger partial charge in [0, 0.05) is 0 Å². The molecule has 0 aromatic carbocycles. The second-order valence-corrected chi connectivity index (χ2v) is 4.40. The zero-order chi connectivity index (χ0) is 13.5. The molecule has 0 spiro atoms. The Morgan fingerprint density at radius 3 is 2.89 bits per heavy atom. The predicted octanol–water partition coefficient (Wildman–Crippen LogP) is 1.91. The lowest BCUT2D eigenvalue weighted by atomic mass is 10.2. The van der Waals surface area contributed by atoms with E-state index in [1.807, 2.05) is 0 Å². The summed E-state index contributed by atoms with van der Waals surface area (Å²) in [6, 6.07) is 0.738. The van der Waals surface area contributed by atoms with Crippen LogP contribution in [0.2, 0.25) is 0 Å². The molecule has 5 nitrogen and oxygen atoms in total. The number of hydrogen-bond donors (Lipinski definition) is 2. The average molecular weight is 269 g/mol. The van der Waals surface area contributed by atoms with Gasteiger partial charge in [-0.2, -0.15) is 0 Å². The summed E-state index contributed by atoms with van der Waals surface area (Å²) in [5.74, 6) is -1.04. The van der Waals surface area contributed by atoms with Crippen LogP contribution >= 0.6 is 11.3 Å². The molecule has 6 heteroatoms. The number of methoxy groups -OCH3 is 1. The lowest BCUT2D eigenvalue weighted by molar-refractivity contribution is -0.139. The number of carboxylic acid groups (broad SMARTS) is 1. The first-order chi connectivity index (χ1) is 8.60. The van der Waals surface area contributed by atoms with Crippen LogP contribution in [-0.2, 0) is 4.79 Å². The number of ether oxygens (including phenoxy) is 1. The van der Waals surface area contributed by atoms with Crippen LogP contribution in [0.25, 0.3) is 0 Å². The van der Waals surface area contributed by atoms with Crippen molar-refractivity contribution in [1.29, 1.82) is 0 Å². The fraction of sp³-hybridized carbons (Fsp3) is 0.333. The molecule has 0 aliphatic rings. The normalized spacial score (nSPS) is 12.3. The van der Waals surface area contributed by atoms with E-state index in [2.05, 4.69) is 5.32 Å². The lowest BCUT2D eigenvalue weighted by Gasteiger charge is -2.12. The van der Waals surface area contributed by atoms with E-state index >= 15 is 0 Å². The van der Waals surface area contributed by atoms with E-state index in [4.69, 9.17) is 9.84 Å². The largest absolute Gasteiger partial charge is 0.495 e. The van der Waals surface area contributed by atoms with Crippen molar-refractivity contribution in [2.45, 2.75) is 19.4 Å². The third kappa shape index (κ3) is 3.59. The number of amides is 1. The van der Waals surface area contributed by atoms with Gasteiger partial charge in [0.15, 0.2) is 0 Å². The first kappa shape index (κ1) is 14.2. The number of nitrogens with one attached hydrogen (secondary N) is 1. The molecule has 0 aliphatic carbocycles. The Bertz CT molecular complexity index is 453. The van der Waals surface area contributed by atoms with Crippen LogP contribution in [0.15, 0.2) is 23.6 Å². The molecular weight excluding hydrogens is 254 g/mol. The summed E-state index contributed by atoms with van der Waals surface area (Å²) in [4.78, 5) is 23.3. The zero-order valence-electron chi connectivity index (χ0n) is 10.2. The maximum atomic E-state index is 11.9. The topological polar surface area (TPSA) is 75.6 Å². The number of hydrogen-bond acceptors (Lipinski definition) is 4. The molecule has 0 fully saturated rings. The van der Waals surface area contributed by atoms with E-state index in [1.165, 1.54) is 18.4 Å². The highest BCUT2D eigenvalue weighted by atomic mass is 32.1. The summed E-state index contributed by atoms with van der Waals surface area (Å²) in [6.07, 6.45) is 3.70. The Morgan fingerprint density at radius 2 is 2.33 bits per heavy atom. The maximum Gasteiger partial charge on any atom is 0.326 e. The van der Waals surface area contributed by atoms with Gasteiger partial charge in [0.1, 0.15) is 16.7 Å². The average Bonchev–Trinajstić information content (AvgIpc) is 2.82. The third-order valence-corrected chi connectivity index (χ3v) is 3.16. The molecule has 2 N–H and O–H groups in total. The number of carboxylic acids is 1. The number of aliphatic carboxylic acids is 1. The van der Waals surface area contributed by atoms with Gasteiger partial charge in [-0.25, -0.2) is 4.79 Å². The number of rotatable bonds is 6. The van der Waals surface area contributed by atoms with Gasteiger partial charge >= 0.3 is 5.97 Å². The molecule has 18 heavy (non-hydrogen) atoms. The minimum absolute atomic E-state index is 0.255. The van der Waals surface area contributed by atoms with Gasteiger partial charge in [0.2, 0.25) is 0 Å². The number of thiophene rings is 1. The number of allylic oxidation sites excluding steroid dienone is 1. The summed E-state index contributed by atoms with van der Waals surface area (Å²) in [7, 11) is 1.47. The molecule has 1 rings (SSSR count). The van der Waals surface area contributed by atoms with Crippen LogP contribution < -0.4 is 10.1 Å². The highest BCUT2D eigenvalue weighted by molar-refractivity contribution is 7.12. The van der Waals surface area contributed by atoms with E-state index in [1.54, 1.807) is 30.5 Å². The fourth-order valence-electron chi connectivity index (χ4n) is 1.34. The number of carbonyl (C=O) groups excluding carboxylic acids is 1. The quantitative estimate of drug-likeness (QED) is 0.773. The van der Waals surface area contributed by atoms with Gasteiger partial charge in [-0.3, -0.25) is 4.79 Å². The van der Waals surface area contributed by atoms with Gasteiger partial charge in [0.25, 0.3) is 5.91 Å². The van der Waals surface area contributed by atoms with Crippen LogP contribution in [-0.4, -0.2) is 30.1 Å². The second-order valence-electron chi connectivity index (χ2n) is 3.49. The molecule has 1 amide bonds. The summed E-state index contributed by atoms with van der Waals surface area (Å²) in [6.45, 7) is 1.79.